The van der Waals surface area contributed by atoms with Crippen LogP contribution in [0.2, 0.25) is 0 Å². The van der Waals surface area contributed by atoms with E-state index in [1.165, 1.54) is 11.1 Å². The summed E-state index contributed by atoms with van der Waals surface area (Å²) in [5.41, 5.74) is 3.59. The van der Waals surface area contributed by atoms with Crippen LogP contribution in [0, 0.1) is 6.92 Å². The maximum absolute atomic E-state index is 5.41. The smallest absolute Gasteiger partial charge is 0.191 e. The monoisotopic (exact) mass is 341 g/mol. The van der Waals surface area contributed by atoms with Crippen LogP contribution in [0.15, 0.2) is 47.5 Å². The second-order valence-corrected chi connectivity index (χ2v) is 5.77. The number of aliphatic imine (C=N–C) groups is 1. The molecular weight excluding hydrogens is 314 g/mol. The van der Waals surface area contributed by atoms with Crippen LogP contribution < -0.4 is 20.1 Å². The topological polar surface area (TPSA) is 54.9 Å². The number of guanidine groups is 1. The van der Waals surface area contributed by atoms with Crippen molar-refractivity contribution in [2.75, 3.05) is 27.8 Å². The van der Waals surface area contributed by atoms with Crippen molar-refractivity contribution in [2.24, 2.45) is 4.99 Å². The van der Waals surface area contributed by atoms with E-state index in [0.717, 1.165) is 42.5 Å². The zero-order valence-corrected chi connectivity index (χ0v) is 15.4. The van der Waals surface area contributed by atoms with Crippen molar-refractivity contribution in [3.8, 4) is 11.5 Å². The molecule has 0 unspecified atom stereocenters. The van der Waals surface area contributed by atoms with Crippen LogP contribution >= 0.6 is 0 Å². The van der Waals surface area contributed by atoms with Crippen LogP contribution in [-0.4, -0.2) is 33.8 Å². The number of hydrogen-bond donors (Lipinski definition) is 2. The van der Waals surface area contributed by atoms with Crippen molar-refractivity contribution in [1.82, 2.24) is 10.6 Å². The average molecular weight is 341 g/mol. The molecule has 2 N–H and O–H groups in total. The van der Waals surface area contributed by atoms with Gasteiger partial charge >= 0.3 is 0 Å². The summed E-state index contributed by atoms with van der Waals surface area (Å²) in [6.07, 6.45) is 0.811. The van der Waals surface area contributed by atoms with Crippen molar-refractivity contribution >= 4 is 5.96 Å². The first-order valence-electron chi connectivity index (χ1n) is 8.37. The molecule has 25 heavy (non-hydrogen) atoms. The molecule has 0 atom stereocenters. The Morgan fingerprint density at radius 2 is 1.76 bits per heavy atom. The van der Waals surface area contributed by atoms with E-state index < -0.39 is 0 Å². The molecule has 0 aliphatic heterocycles. The Hall–Kier alpha value is -2.69. The van der Waals surface area contributed by atoms with Crippen LogP contribution in [0.4, 0.5) is 0 Å². The van der Waals surface area contributed by atoms with Gasteiger partial charge in [-0.25, -0.2) is 0 Å². The minimum Gasteiger partial charge on any atom is -0.497 e. The lowest BCUT2D eigenvalue weighted by Crippen LogP contribution is -2.37. The van der Waals surface area contributed by atoms with Crippen molar-refractivity contribution in [1.29, 1.82) is 0 Å². The van der Waals surface area contributed by atoms with Crippen molar-refractivity contribution in [2.45, 2.75) is 19.9 Å². The molecule has 0 aliphatic rings. The molecule has 0 amide bonds. The fourth-order valence-electron chi connectivity index (χ4n) is 2.51. The fraction of sp³-hybridized carbons (Fsp3) is 0.350. The van der Waals surface area contributed by atoms with Gasteiger partial charge in [-0.05, 0) is 42.7 Å². The van der Waals surface area contributed by atoms with Crippen LogP contribution in [0.3, 0.4) is 0 Å². The summed E-state index contributed by atoms with van der Waals surface area (Å²) >= 11 is 0. The van der Waals surface area contributed by atoms with Gasteiger partial charge in [0, 0.05) is 20.1 Å². The predicted molar refractivity (Wildman–Crippen MR) is 103 cm³/mol. The quantitative estimate of drug-likeness (QED) is 0.601. The highest BCUT2D eigenvalue weighted by molar-refractivity contribution is 5.79. The molecule has 0 bridgehead atoms. The van der Waals surface area contributed by atoms with Gasteiger partial charge in [-0.1, -0.05) is 29.8 Å². The third kappa shape index (κ3) is 5.71. The number of nitrogens with zero attached hydrogens (tertiary/aromatic N) is 1. The molecule has 2 rings (SSSR count). The third-order valence-electron chi connectivity index (χ3n) is 3.98. The highest BCUT2D eigenvalue weighted by Crippen LogP contribution is 2.24. The number of hydrogen-bond acceptors (Lipinski definition) is 3. The van der Waals surface area contributed by atoms with Gasteiger partial charge in [0.25, 0.3) is 0 Å². The van der Waals surface area contributed by atoms with Crippen molar-refractivity contribution in [3.63, 3.8) is 0 Å². The molecule has 2 aromatic carbocycles. The van der Waals surface area contributed by atoms with Crippen LogP contribution in [-0.2, 0) is 13.0 Å². The van der Waals surface area contributed by atoms with Gasteiger partial charge in [-0.2, -0.15) is 0 Å². The first kappa shape index (κ1) is 18.6. The molecule has 2 aromatic rings. The summed E-state index contributed by atoms with van der Waals surface area (Å²) in [6.45, 7) is 3.57. The van der Waals surface area contributed by atoms with Crippen LogP contribution in [0.1, 0.15) is 16.7 Å². The summed E-state index contributed by atoms with van der Waals surface area (Å²) in [5.74, 6) is 2.48. The van der Waals surface area contributed by atoms with E-state index in [2.05, 4.69) is 46.8 Å². The van der Waals surface area contributed by atoms with Crippen molar-refractivity contribution in [3.05, 3.63) is 59.2 Å². The van der Waals surface area contributed by atoms with Gasteiger partial charge in [0.05, 0.1) is 14.2 Å². The van der Waals surface area contributed by atoms with Gasteiger partial charge in [0.1, 0.15) is 11.5 Å². The molecular formula is C20H27N3O2. The van der Waals surface area contributed by atoms with Gasteiger partial charge in [-0.3, -0.25) is 4.99 Å². The van der Waals surface area contributed by atoms with Gasteiger partial charge in [0.2, 0.25) is 0 Å². The lowest BCUT2D eigenvalue weighted by atomic mass is 10.1. The second-order valence-electron chi connectivity index (χ2n) is 5.77. The molecule has 0 fully saturated rings. The number of aryl methyl sites for hydroxylation is 1. The van der Waals surface area contributed by atoms with E-state index in [1.54, 1.807) is 21.3 Å². The number of benzene rings is 2. The largest absolute Gasteiger partial charge is 0.497 e. The third-order valence-corrected chi connectivity index (χ3v) is 3.98. The lowest BCUT2D eigenvalue weighted by molar-refractivity contribution is 0.398. The van der Waals surface area contributed by atoms with E-state index in [9.17, 15) is 0 Å². The number of nitrogens with one attached hydrogen (secondary N) is 2. The number of ether oxygens (including phenoxy) is 2. The Labute approximate surface area is 150 Å². The molecule has 0 heterocycles. The van der Waals surface area contributed by atoms with Crippen LogP contribution in [0.25, 0.3) is 0 Å². The number of methoxy groups -OCH3 is 2. The zero-order valence-electron chi connectivity index (χ0n) is 15.4. The van der Waals surface area contributed by atoms with Crippen molar-refractivity contribution < 1.29 is 9.47 Å². The summed E-state index contributed by atoms with van der Waals surface area (Å²) in [5, 5.41) is 6.66. The average Bonchev–Trinajstić information content (AvgIpc) is 2.65. The first-order valence-corrected chi connectivity index (χ1v) is 8.37. The van der Waals surface area contributed by atoms with Crippen LogP contribution in [0.5, 0.6) is 11.5 Å². The highest BCUT2D eigenvalue weighted by Gasteiger charge is 2.06. The maximum Gasteiger partial charge on any atom is 0.191 e. The Kier molecular flexibility index (Phi) is 7.14. The molecule has 0 aromatic heterocycles. The first-order chi connectivity index (χ1) is 12.2. The van der Waals surface area contributed by atoms with E-state index in [1.807, 2.05) is 18.2 Å². The molecule has 0 aliphatic carbocycles. The van der Waals surface area contributed by atoms with Gasteiger partial charge in [-0.15, -0.1) is 0 Å². The minimum atomic E-state index is 0.739. The fourth-order valence-corrected chi connectivity index (χ4v) is 2.51. The van der Waals surface area contributed by atoms with E-state index in [0.29, 0.717) is 0 Å². The molecule has 0 radical (unpaired) electrons. The number of rotatable bonds is 7. The Balaban J connectivity index is 1.85. The molecule has 0 spiro atoms. The summed E-state index contributed by atoms with van der Waals surface area (Å²) < 4.78 is 10.7. The maximum atomic E-state index is 5.41. The highest BCUT2D eigenvalue weighted by atomic mass is 16.5. The molecule has 5 nitrogen and oxygen atoms in total. The summed E-state index contributed by atoms with van der Waals surface area (Å²) in [6, 6.07) is 14.3. The molecule has 0 saturated heterocycles. The van der Waals surface area contributed by atoms with E-state index in [-0.39, 0.29) is 0 Å². The second kappa shape index (κ2) is 9.57. The Morgan fingerprint density at radius 1 is 1.00 bits per heavy atom. The predicted octanol–water partition coefficient (Wildman–Crippen LogP) is 2.92. The van der Waals surface area contributed by atoms with E-state index in [4.69, 9.17) is 9.47 Å². The summed E-state index contributed by atoms with van der Waals surface area (Å²) in [7, 11) is 5.12. The zero-order chi connectivity index (χ0) is 18.1. The normalized spacial score (nSPS) is 11.1. The molecule has 5 heteroatoms. The molecule has 0 saturated carbocycles. The SMILES string of the molecule is CN=C(NCCc1cc(OC)ccc1OC)NCc1ccc(C)cc1. The Bertz CT molecular complexity index is 697. The minimum absolute atomic E-state index is 0.739. The summed E-state index contributed by atoms with van der Waals surface area (Å²) in [4.78, 5) is 4.27. The van der Waals surface area contributed by atoms with Gasteiger partial charge < -0.3 is 20.1 Å². The Morgan fingerprint density at radius 3 is 2.40 bits per heavy atom. The lowest BCUT2D eigenvalue weighted by Gasteiger charge is -2.14. The molecule has 134 valence electrons. The van der Waals surface area contributed by atoms with E-state index >= 15 is 0 Å². The van der Waals surface area contributed by atoms with Gasteiger partial charge in [0.15, 0.2) is 5.96 Å². The standard InChI is InChI=1S/C20H27N3O2/c1-15-5-7-16(8-6-15)14-23-20(21-2)22-12-11-17-13-18(24-3)9-10-19(17)25-4/h5-10,13H,11-12,14H2,1-4H3,(H2,21,22,23).